The Morgan fingerprint density at radius 3 is 3.14 bits per heavy atom. The van der Waals surface area contributed by atoms with E-state index >= 15 is 0 Å². The summed E-state index contributed by atoms with van der Waals surface area (Å²) >= 11 is 0. The molecule has 1 fully saturated rings. The molecule has 0 bridgehead atoms. The number of rotatable bonds is 2. The molecule has 2 rings (SSSR count). The van der Waals surface area contributed by atoms with Gasteiger partial charge in [0.2, 0.25) is 0 Å². The molecule has 1 atom stereocenters. The summed E-state index contributed by atoms with van der Waals surface area (Å²) in [7, 11) is 1.31. The number of esters is 1. The zero-order valence-corrected chi connectivity index (χ0v) is 7.91. The second-order valence-corrected chi connectivity index (χ2v) is 3.18. The maximum Gasteiger partial charge on any atom is 0.377 e. The zero-order valence-electron chi connectivity index (χ0n) is 7.91. The molecule has 1 aliphatic rings. The van der Waals surface area contributed by atoms with Crippen molar-refractivity contribution in [3.8, 4) is 0 Å². The van der Waals surface area contributed by atoms with Crippen LogP contribution >= 0.6 is 0 Å². The van der Waals surface area contributed by atoms with Gasteiger partial charge in [0.15, 0.2) is 0 Å². The van der Waals surface area contributed by atoms with Gasteiger partial charge in [0.05, 0.1) is 13.2 Å². The summed E-state index contributed by atoms with van der Waals surface area (Å²) in [5.41, 5.74) is 0. The lowest BCUT2D eigenvalue weighted by molar-refractivity contribution is 0.0587. The SMILES string of the molecule is COC(=O)c1n[nH]c(C2CCCN2)n1. The molecule has 0 amide bonds. The lowest BCUT2D eigenvalue weighted by atomic mass is 10.2. The van der Waals surface area contributed by atoms with Crippen LogP contribution in [0.15, 0.2) is 0 Å². The van der Waals surface area contributed by atoms with Crippen molar-refractivity contribution in [1.29, 1.82) is 0 Å². The van der Waals surface area contributed by atoms with Crippen LogP contribution in [0.3, 0.4) is 0 Å². The highest BCUT2D eigenvalue weighted by molar-refractivity contribution is 5.84. The predicted octanol–water partition coefficient (Wildman–Crippen LogP) is 0.0158. The maximum absolute atomic E-state index is 11.1. The van der Waals surface area contributed by atoms with E-state index in [1.165, 1.54) is 7.11 Å². The second kappa shape index (κ2) is 3.75. The van der Waals surface area contributed by atoms with E-state index in [2.05, 4.69) is 25.2 Å². The molecule has 1 aromatic rings. The van der Waals surface area contributed by atoms with Crippen LogP contribution in [0.1, 0.15) is 35.3 Å². The monoisotopic (exact) mass is 196 g/mol. The first kappa shape index (κ1) is 9.14. The summed E-state index contributed by atoms with van der Waals surface area (Å²) in [5.74, 6) is 0.296. The standard InChI is InChI=1S/C8H12N4O2/c1-14-8(13)7-10-6(11-12-7)5-3-2-4-9-5/h5,9H,2-4H2,1H3,(H,10,11,12). The molecule has 1 aromatic heterocycles. The fourth-order valence-corrected chi connectivity index (χ4v) is 1.53. The highest BCUT2D eigenvalue weighted by Gasteiger charge is 2.21. The van der Waals surface area contributed by atoms with E-state index in [0.29, 0.717) is 5.82 Å². The number of nitrogens with one attached hydrogen (secondary N) is 2. The smallest absolute Gasteiger partial charge is 0.377 e. The number of H-pyrrole nitrogens is 1. The van der Waals surface area contributed by atoms with Crippen LogP contribution in [0.25, 0.3) is 0 Å². The number of carbonyl (C=O) groups excluding carboxylic acids is 1. The Labute approximate surface area is 81.1 Å². The average Bonchev–Trinajstić information content (AvgIpc) is 2.86. The largest absolute Gasteiger partial charge is 0.463 e. The van der Waals surface area contributed by atoms with Crippen molar-refractivity contribution >= 4 is 5.97 Å². The first-order valence-electron chi connectivity index (χ1n) is 4.55. The van der Waals surface area contributed by atoms with E-state index in [1.807, 2.05) is 0 Å². The Morgan fingerprint density at radius 1 is 1.64 bits per heavy atom. The lowest BCUT2D eigenvalue weighted by Crippen LogP contribution is -2.14. The van der Waals surface area contributed by atoms with Gasteiger partial charge < -0.3 is 10.1 Å². The van der Waals surface area contributed by atoms with E-state index in [-0.39, 0.29) is 11.9 Å². The maximum atomic E-state index is 11.1. The first-order valence-corrected chi connectivity index (χ1v) is 4.55. The van der Waals surface area contributed by atoms with E-state index in [0.717, 1.165) is 19.4 Å². The summed E-state index contributed by atoms with van der Waals surface area (Å²) in [6, 6.07) is 0.195. The van der Waals surface area contributed by atoms with Gasteiger partial charge in [-0.2, -0.15) is 0 Å². The third kappa shape index (κ3) is 1.60. The van der Waals surface area contributed by atoms with Gasteiger partial charge in [-0.05, 0) is 19.4 Å². The number of carbonyl (C=O) groups is 1. The van der Waals surface area contributed by atoms with Gasteiger partial charge >= 0.3 is 5.97 Å². The van der Waals surface area contributed by atoms with Crippen LogP contribution in [-0.4, -0.2) is 34.8 Å². The van der Waals surface area contributed by atoms with E-state index in [1.54, 1.807) is 0 Å². The van der Waals surface area contributed by atoms with Crippen LogP contribution in [-0.2, 0) is 4.74 Å². The summed E-state index contributed by atoms with van der Waals surface area (Å²) in [5, 5.41) is 9.78. The zero-order chi connectivity index (χ0) is 9.97. The van der Waals surface area contributed by atoms with Gasteiger partial charge in [0.25, 0.3) is 5.82 Å². The third-order valence-corrected chi connectivity index (χ3v) is 2.26. The van der Waals surface area contributed by atoms with Gasteiger partial charge in [0.1, 0.15) is 5.82 Å². The van der Waals surface area contributed by atoms with Gasteiger partial charge in [-0.25, -0.2) is 9.78 Å². The first-order chi connectivity index (χ1) is 6.81. The van der Waals surface area contributed by atoms with Crippen LogP contribution in [0.5, 0.6) is 0 Å². The van der Waals surface area contributed by atoms with Crippen molar-refractivity contribution in [1.82, 2.24) is 20.5 Å². The van der Waals surface area contributed by atoms with Gasteiger partial charge in [-0.3, -0.25) is 5.10 Å². The summed E-state index contributed by atoms with van der Waals surface area (Å²) < 4.78 is 4.51. The molecule has 14 heavy (non-hydrogen) atoms. The van der Waals surface area contributed by atoms with E-state index in [4.69, 9.17) is 0 Å². The van der Waals surface area contributed by atoms with E-state index < -0.39 is 5.97 Å². The van der Waals surface area contributed by atoms with Crippen LogP contribution in [0.4, 0.5) is 0 Å². The van der Waals surface area contributed by atoms with Crippen molar-refractivity contribution in [2.24, 2.45) is 0 Å². The minimum absolute atomic E-state index is 0.0937. The van der Waals surface area contributed by atoms with Crippen LogP contribution in [0.2, 0.25) is 0 Å². The topological polar surface area (TPSA) is 79.9 Å². The van der Waals surface area contributed by atoms with Crippen LogP contribution in [0, 0.1) is 0 Å². The molecule has 6 heteroatoms. The molecular weight excluding hydrogens is 184 g/mol. The van der Waals surface area contributed by atoms with Crippen molar-refractivity contribution in [2.45, 2.75) is 18.9 Å². The Hall–Kier alpha value is -1.43. The molecule has 1 saturated heterocycles. The summed E-state index contributed by atoms with van der Waals surface area (Å²) in [6.07, 6.45) is 2.15. The Bertz CT molecular complexity index is 330. The number of hydrogen-bond acceptors (Lipinski definition) is 5. The highest BCUT2D eigenvalue weighted by atomic mass is 16.5. The predicted molar refractivity (Wildman–Crippen MR) is 47.7 cm³/mol. The molecule has 6 nitrogen and oxygen atoms in total. The molecule has 0 radical (unpaired) electrons. The van der Waals surface area contributed by atoms with Crippen molar-refractivity contribution in [3.05, 3.63) is 11.6 Å². The van der Waals surface area contributed by atoms with E-state index in [9.17, 15) is 4.79 Å². The molecule has 0 spiro atoms. The number of methoxy groups -OCH3 is 1. The number of aromatic nitrogens is 3. The molecule has 76 valence electrons. The third-order valence-electron chi connectivity index (χ3n) is 2.26. The van der Waals surface area contributed by atoms with Gasteiger partial charge in [-0.1, -0.05) is 0 Å². The summed E-state index contributed by atoms with van der Waals surface area (Å²) in [6.45, 7) is 0.985. The Balaban J connectivity index is 2.12. The summed E-state index contributed by atoms with van der Waals surface area (Å²) in [4.78, 5) is 15.1. The quantitative estimate of drug-likeness (QED) is 0.651. The number of aromatic amines is 1. The van der Waals surface area contributed by atoms with Gasteiger partial charge in [-0.15, -0.1) is 5.10 Å². The molecule has 1 aliphatic heterocycles. The minimum atomic E-state index is -0.509. The van der Waals surface area contributed by atoms with Crippen molar-refractivity contribution in [2.75, 3.05) is 13.7 Å². The lowest BCUT2D eigenvalue weighted by Gasteiger charge is -2.03. The fourth-order valence-electron chi connectivity index (χ4n) is 1.53. The molecule has 0 aromatic carbocycles. The van der Waals surface area contributed by atoms with Crippen molar-refractivity contribution < 1.29 is 9.53 Å². The number of hydrogen-bond donors (Lipinski definition) is 2. The number of nitrogens with zero attached hydrogens (tertiary/aromatic N) is 2. The molecule has 1 unspecified atom stereocenters. The highest BCUT2D eigenvalue weighted by Crippen LogP contribution is 2.19. The van der Waals surface area contributed by atoms with Crippen molar-refractivity contribution in [3.63, 3.8) is 0 Å². The molecular formula is C8H12N4O2. The molecule has 2 N–H and O–H groups in total. The Kier molecular flexibility index (Phi) is 2.45. The number of ether oxygens (including phenoxy) is 1. The molecule has 0 aliphatic carbocycles. The molecule has 0 saturated carbocycles. The molecule has 2 heterocycles. The van der Waals surface area contributed by atoms with Crippen LogP contribution < -0.4 is 5.32 Å². The normalized spacial score (nSPS) is 21.1. The Morgan fingerprint density at radius 2 is 2.50 bits per heavy atom. The fraction of sp³-hybridized carbons (Fsp3) is 0.625. The average molecular weight is 196 g/mol. The second-order valence-electron chi connectivity index (χ2n) is 3.18. The van der Waals surface area contributed by atoms with Gasteiger partial charge in [0, 0.05) is 0 Å². The minimum Gasteiger partial charge on any atom is -0.463 e.